The minimum Gasteiger partial charge on any atom is -0.468 e. The molecule has 4 fully saturated rings. The predicted octanol–water partition coefficient (Wildman–Crippen LogP) is 1.82. The van der Waals surface area contributed by atoms with Crippen molar-refractivity contribution in [3.05, 3.63) is 11.8 Å². The van der Waals surface area contributed by atoms with Gasteiger partial charge in [-0.05, 0) is 25.8 Å². The van der Waals surface area contributed by atoms with Crippen LogP contribution in [0.3, 0.4) is 0 Å². The molecule has 3 unspecified atom stereocenters. The molecule has 0 radical (unpaired) electrons. The van der Waals surface area contributed by atoms with Crippen LogP contribution in [0.1, 0.15) is 51.9 Å². The Kier molecular flexibility index (Phi) is 5.16. The van der Waals surface area contributed by atoms with Crippen molar-refractivity contribution >= 4 is 23.5 Å². The molecule has 2 saturated carbocycles. The molecular formula is C23H28O9. The van der Waals surface area contributed by atoms with Crippen LogP contribution in [0.25, 0.3) is 0 Å². The summed E-state index contributed by atoms with van der Waals surface area (Å²) in [5.74, 6) is -6.01. The van der Waals surface area contributed by atoms with Gasteiger partial charge in [-0.1, -0.05) is 6.42 Å². The Morgan fingerprint density at radius 1 is 1.12 bits per heavy atom. The van der Waals surface area contributed by atoms with Crippen LogP contribution in [0.4, 0.5) is 0 Å². The molecule has 0 aromatic carbocycles. The van der Waals surface area contributed by atoms with E-state index in [1.165, 1.54) is 6.08 Å². The highest BCUT2D eigenvalue weighted by Gasteiger charge is 2.73. The molecule has 0 bridgehead atoms. The monoisotopic (exact) mass is 448 g/mol. The Morgan fingerprint density at radius 2 is 1.88 bits per heavy atom. The second-order valence-corrected chi connectivity index (χ2v) is 9.21. The number of fused-ring (bicyclic) bond motifs is 5. The molecular weight excluding hydrogens is 420 g/mol. The van der Waals surface area contributed by atoms with E-state index in [1.807, 2.05) is 0 Å². The first-order valence-corrected chi connectivity index (χ1v) is 11.4. The minimum absolute atomic E-state index is 0.00897. The van der Waals surface area contributed by atoms with Crippen molar-refractivity contribution < 1.29 is 42.9 Å². The Bertz CT molecular complexity index is 876. The summed E-state index contributed by atoms with van der Waals surface area (Å²) in [6.45, 7) is 1.70. The molecule has 32 heavy (non-hydrogen) atoms. The van der Waals surface area contributed by atoms with Crippen LogP contribution in [0.15, 0.2) is 11.8 Å². The van der Waals surface area contributed by atoms with Gasteiger partial charge < -0.3 is 23.7 Å². The molecule has 5 rings (SSSR count). The molecule has 1 spiro atoms. The van der Waals surface area contributed by atoms with Crippen molar-refractivity contribution in [3.63, 3.8) is 0 Å². The van der Waals surface area contributed by atoms with Crippen molar-refractivity contribution in [2.24, 2.45) is 23.2 Å². The summed E-state index contributed by atoms with van der Waals surface area (Å²) in [4.78, 5) is 52.9. The summed E-state index contributed by atoms with van der Waals surface area (Å²) >= 11 is 0. The Labute approximate surface area is 185 Å². The number of esters is 2. The van der Waals surface area contributed by atoms with Gasteiger partial charge in [0.05, 0.1) is 25.6 Å². The van der Waals surface area contributed by atoms with Crippen molar-refractivity contribution in [1.29, 1.82) is 0 Å². The van der Waals surface area contributed by atoms with Crippen LogP contribution in [0, 0.1) is 23.2 Å². The molecule has 5 aliphatic rings. The summed E-state index contributed by atoms with van der Waals surface area (Å²) < 4.78 is 28.9. The molecule has 0 amide bonds. The summed E-state index contributed by atoms with van der Waals surface area (Å²) in [7, 11) is 1.15. The number of methoxy groups -OCH3 is 1. The van der Waals surface area contributed by atoms with Crippen LogP contribution in [-0.2, 0) is 42.9 Å². The lowest BCUT2D eigenvalue weighted by atomic mass is 9.51. The van der Waals surface area contributed by atoms with Crippen LogP contribution in [0.5, 0.6) is 0 Å². The molecule has 0 N–H and O–H groups in total. The average Bonchev–Trinajstić information content (AvgIpc) is 3.28. The highest BCUT2D eigenvalue weighted by Crippen LogP contribution is 2.60. The lowest BCUT2D eigenvalue weighted by molar-refractivity contribution is -0.228. The van der Waals surface area contributed by atoms with Gasteiger partial charge >= 0.3 is 11.9 Å². The quantitative estimate of drug-likeness (QED) is 0.471. The maximum absolute atomic E-state index is 13.4. The smallest absolute Gasteiger partial charge is 0.321 e. The van der Waals surface area contributed by atoms with Crippen LogP contribution in [-0.4, -0.2) is 55.4 Å². The van der Waals surface area contributed by atoms with Gasteiger partial charge in [-0.2, -0.15) is 0 Å². The first kappa shape index (κ1) is 21.6. The van der Waals surface area contributed by atoms with Crippen LogP contribution < -0.4 is 0 Å². The fourth-order valence-electron chi connectivity index (χ4n) is 6.34. The number of hydrogen-bond donors (Lipinski definition) is 0. The average molecular weight is 448 g/mol. The zero-order valence-electron chi connectivity index (χ0n) is 18.3. The van der Waals surface area contributed by atoms with Gasteiger partial charge in [0, 0.05) is 25.7 Å². The molecule has 2 aliphatic heterocycles. The van der Waals surface area contributed by atoms with Crippen molar-refractivity contribution in [2.45, 2.75) is 70.1 Å². The van der Waals surface area contributed by atoms with Crippen LogP contribution >= 0.6 is 0 Å². The number of carbonyl (C=O) groups excluding carboxylic acids is 4. The molecule has 174 valence electrons. The van der Waals surface area contributed by atoms with Gasteiger partial charge in [-0.15, -0.1) is 0 Å². The third-order valence-corrected chi connectivity index (χ3v) is 7.64. The standard InChI is InChI=1S/C23H28O9/c1-3-29-19(26)12-11-14-16(17-13(24)7-8-15(25)23(12,17)21(27)28-2)18-20(30-14)32-22(31-18)9-5-4-6-10-22/h11-12,16-18,20H,3-10H2,1-2H3/t12?,16?,17?,18-,20-,23+/m1/s1. The van der Waals surface area contributed by atoms with Gasteiger partial charge in [0.15, 0.2) is 17.0 Å². The fourth-order valence-corrected chi connectivity index (χ4v) is 6.34. The number of rotatable bonds is 3. The second-order valence-electron chi connectivity index (χ2n) is 9.21. The van der Waals surface area contributed by atoms with E-state index in [-0.39, 0.29) is 25.2 Å². The molecule has 6 atom stereocenters. The Morgan fingerprint density at radius 3 is 2.56 bits per heavy atom. The number of carbonyl (C=O) groups is 4. The van der Waals surface area contributed by atoms with E-state index < -0.39 is 59.1 Å². The number of hydrogen-bond acceptors (Lipinski definition) is 9. The maximum Gasteiger partial charge on any atom is 0.321 e. The van der Waals surface area contributed by atoms with E-state index in [4.69, 9.17) is 23.7 Å². The molecule has 9 nitrogen and oxygen atoms in total. The number of Topliss-reactive ketones (excluding diaryl/α,β-unsaturated/α-hetero) is 2. The topological polar surface area (TPSA) is 114 Å². The second kappa shape index (κ2) is 7.66. The van der Waals surface area contributed by atoms with Crippen molar-refractivity contribution in [2.75, 3.05) is 13.7 Å². The predicted molar refractivity (Wildman–Crippen MR) is 106 cm³/mol. The van der Waals surface area contributed by atoms with E-state index in [2.05, 4.69) is 0 Å². The molecule has 9 heteroatoms. The minimum atomic E-state index is -1.99. The van der Waals surface area contributed by atoms with Gasteiger partial charge in [-0.3, -0.25) is 19.2 Å². The third-order valence-electron chi connectivity index (χ3n) is 7.64. The van der Waals surface area contributed by atoms with E-state index in [0.717, 1.165) is 39.2 Å². The molecule has 0 aromatic heterocycles. The van der Waals surface area contributed by atoms with Gasteiger partial charge in [0.25, 0.3) is 0 Å². The first-order valence-electron chi connectivity index (χ1n) is 11.4. The zero-order chi connectivity index (χ0) is 22.7. The maximum atomic E-state index is 13.4. The Hall–Kier alpha value is -2.26. The van der Waals surface area contributed by atoms with E-state index in [1.54, 1.807) is 6.92 Å². The third kappa shape index (κ3) is 2.83. The normalized spacial score (nSPS) is 39.4. The van der Waals surface area contributed by atoms with Crippen molar-refractivity contribution in [1.82, 2.24) is 0 Å². The first-order chi connectivity index (χ1) is 15.4. The lowest BCUT2D eigenvalue weighted by Crippen LogP contribution is -2.63. The molecule has 3 aliphatic carbocycles. The highest BCUT2D eigenvalue weighted by molar-refractivity contribution is 6.14. The van der Waals surface area contributed by atoms with E-state index >= 15 is 0 Å². The van der Waals surface area contributed by atoms with Crippen LogP contribution in [0.2, 0.25) is 0 Å². The van der Waals surface area contributed by atoms with Gasteiger partial charge in [-0.25, -0.2) is 0 Å². The summed E-state index contributed by atoms with van der Waals surface area (Å²) in [6, 6.07) is 0. The lowest BCUT2D eigenvalue weighted by Gasteiger charge is -2.47. The van der Waals surface area contributed by atoms with Crippen molar-refractivity contribution in [3.8, 4) is 0 Å². The zero-order valence-corrected chi connectivity index (χ0v) is 18.3. The van der Waals surface area contributed by atoms with Gasteiger partial charge in [0.1, 0.15) is 23.6 Å². The molecule has 2 saturated heterocycles. The fraction of sp³-hybridized carbons (Fsp3) is 0.739. The number of ether oxygens (including phenoxy) is 5. The summed E-state index contributed by atoms with van der Waals surface area (Å²) in [5.41, 5.74) is -1.99. The summed E-state index contributed by atoms with van der Waals surface area (Å²) in [6.07, 6.45) is 4.37. The number of ketones is 2. The molecule has 2 heterocycles. The van der Waals surface area contributed by atoms with E-state index in [9.17, 15) is 19.2 Å². The van der Waals surface area contributed by atoms with Gasteiger partial charge in [0.2, 0.25) is 6.29 Å². The largest absolute Gasteiger partial charge is 0.468 e. The van der Waals surface area contributed by atoms with E-state index in [0.29, 0.717) is 5.76 Å². The molecule has 0 aromatic rings. The SMILES string of the molecule is CCOC(=O)C1C=C2O[C@@H]3OC4(CCCCC4)O[C@@H]3C2C2C(=O)CCC(=O)[C@@]12C(=O)OC. The highest BCUT2D eigenvalue weighted by atomic mass is 16.8. The summed E-state index contributed by atoms with van der Waals surface area (Å²) in [5, 5.41) is 0. The Balaban J connectivity index is 1.62.